The number of anilines is 1. The van der Waals surface area contributed by atoms with Crippen molar-refractivity contribution in [3.8, 4) is 17.1 Å². The number of ether oxygens (including phenoxy) is 1. The lowest BCUT2D eigenvalue weighted by Gasteiger charge is -2.10. The Hall–Kier alpha value is -3.52. The van der Waals surface area contributed by atoms with Crippen LogP contribution in [0.1, 0.15) is 10.5 Å². The summed E-state index contributed by atoms with van der Waals surface area (Å²) in [5.74, 6) is -0.156. The summed E-state index contributed by atoms with van der Waals surface area (Å²) in [6.45, 7) is 0. The van der Waals surface area contributed by atoms with Gasteiger partial charge in [0.2, 0.25) is 0 Å². The highest BCUT2D eigenvalue weighted by atomic mass is 35.5. The lowest BCUT2D eigenvalue weighted by Crippen LogP contribution is -2.17. The first kappa shape index (κ1) is 17.9. The molecule has 0 saturated heterocycles. The van der Waals surface area contributed by atoms with E-state index in [9.17, 15) is 9.18 Å². The number of aromatic nitrogens is 4. The number of hydrogen-bond donors (Lipinski definition) is 1. The van der Waals surface area contributed by atoms with Gasteiger partial charge in [0.1, 0.15) is 11.4 Å². The van der Waals surface area contributed by atoms with Crippen LogP contribution in [0.5, 0.6) is 5.75 Å². The van der Waals surface area contributed by atoms with E-state index in [1.54, 1.807) is 41.8 Å². The molecular formula is C19H13ClFN5O2. The number of fused-ring (bicyclic) bond motifs is 1. The average molecular weight is 398 g/mol. The maximum Gasteiger partial charge on any atom is 0.274 e. The number of nitrogens with zero attached hydrogens (tertiary/aromatic N) is 4. The van der Waals surface area contributed by atoms with Gasteiger partial charge in [-0.3, -0.25) is 14.2 Å². The van der Waals surface area contributed by atoms with Crippen molar-refractivity contribution in [1.29, 1.82) is 0 Å². The van der Waals surface area contributed by atoms with Gasteiger partial charge in [-0.05, 0) is 36.4 Å². The Labute approximate surface area is 163 Å². The number of hydrogen-bond acceptors (Lipinski definition) is 5. The highest BCUT2D eigenvalue weighted by Gasteiger charge is 2.18. The molecule has 0 saturated carbocycles. The Morgan fingerprint density at radius 1 is 1.14 bits per heavy atom. The van der Waals surface area contributed by atoms with Crippen LogP contribution in [-0.2, 0) is 0 Å². The van der Waals surface area contributed by atoms with E-state index in [-0.39, 0.29) is 16.4 Å². The van der Waals surface area contributed by atoms with Gasteiger partial charge in [-0.25, -0.2) is 4.39 Å². The highest BCUT2D eigenvalue weighted by molar-refractivity contribution is 6.31. The van der Waals surface area contributed by atoms with E-state index in [0.29, 0.717) is 17.2 Å². The van der Waals surface area contributed by atoms with Gasteiger partial charge < -0.3 is 10.1 Å². The Bertz CT molecular complexity index is 1180. The van der Waals surface area contributed by atoms with E-state index in [4.69, 9.17) is 16.3 Å². The molecule has 9 heteroatoms. The van der Waals surface area contributed by atoms with E-state index < -0.39 is 11.7 Å². The van der Waals surface area contributed by atoms with Crippen LogP contribution in [0.3, 0.4) is 0 Å². The van der Waals surface area contributed by atoms with Crippen molar-refractivity contribution in [3.63, 3.8) is 0 Å². The number of methoxy groups -OCH3 is 1. The summed E-state index contributed by atoms with van der Waals surface area (Å²) in [6.07, 6.45) is 2.85. The van der Waals surface area contributed by atoms with Gasteiger partial charge in [0.25, 0.3) is 5.91 Å². The number of benzene rings is 2. The van der Waals surface area contributed by atoms with Crippen LogP contribution in [0, 0.1) is 5.82 Å². The molecule has 0 fully saturated rings. The van der Waals surface area contributed by atoms with Crippen molar-refractivity contribution in [2.45, 2.75) is 0 Å². The molecule has 0 aliphatic carbocycles. The fourth-order valence-corrected chi connectivity index (χ4v) is 2.90. The first-order chi connectivity index (χ1) is 13.6. The number of amides is 1. The predicted molar refractivity (Wildman–Crippen MR) is 102 cm³/mol. The second-order valence-corrected chi connectivity index (χ2v) is 6.20. The minimum absolute atomic E-state index is 0.0337. The van der Waals surface area contributed by atoms with Crippen molar-refractivity contribution in [2.75, 3.05) is 12.4 Å². The molecule has 0 radical (unpaired) electrons. The molecule has 2 aromatic heterocycles. The molecule has 0 unspecified atom stereocenters. The number of rotatable bonds is 4. The van der Waals surface area contributed by atoms with Gasteiger partial charge in [-0.1, -0.05) is 17.7 Å². The zero-order valence-corrected chi connectivity index (χ0v) is 15.3. The van der Waals surface area contributed by atoms with Crippen LogP contribution in [0.2, 0.25) is 5.02 Å². The number of nitrogens with one attached hydrogen (secondary N) is 1. The van der Waals surface area contributed by atoms with Gasteiger partial charge in [0.05, 0.1) is 30.2 Å². The maximum atomic E-state index is 14.1. The summed E-state index contributed by atoms with van der Waals surface area (Å²) in [5.41, 5.74) is 1.22. The second-order valence-electron chi connectivity index (χ2n) is 5.79. The van der Waals surface area contributed by atoms with Crippen molar-refractivity contribution in [3.05, 3.63) is 71.4 Å². The van der Waals surface area contributed by atoms with Gasteiger partial charge in [-0.15, -0.1) is 10.2 Å². The van der Waals surface area contributed by atoms with Gasteiger partial charge in [0, 0.05) is 5.56 Å². The van der Waals surface area contributed by atoms with E-state index in [2.05, 4.69) is 20.5 Å². The molecule has 0 atom stereocenters. The predicted octanol–water partition coefficient (Wildman–Crippen LogP) is 3.84. The standard InChI is InChI=1S/C19H13ClFN5O2/c1-28-12-7-5-11(6-8-12)18-25-24-16-10-22-9-15(26(16)18)19(27)23-14-4-2-3-13(20)17(14)21/h2-10H,1H3,(H,23,27). The third-order valence-corrected chi connectivity index (χ3v) is 4.39. The average Bonchev–Trinajstić information content (AvgIpc) is 3.15. The minimum atomic E-state index is -0.711. The summed E-state index contributed by atoms with van der Waals surface area (Å²) in [6, 6.07) is 11.5. The van der Waals surface area contributed by atoms with E-state index in [0.717, 1.165) is 5.56 Å². The van der Waals surface area contributed by atoms with Crippen LogP contribution in [0.15, 0.2) is 54.9 Å². The molecule has 7 nitrogen and oxygen atoms in total. The molecule has 2 heterocycles. The van der Waals surface area contributed by atoms with Crippen LogP contribution >= 0.6 is 11.6 Å². The largest absolute Gasteiger partial charge is 0.497 e. The fourth-order valence-electron chi connectivity index (χ4n) is 2.72. The van der Waals surface area contributed by atoms with Crippen molar-refractivity contribution >= 4 is 28.8 Å². The number of carbonyl (C=O) groups excluding carboxylic acids is 1. The fraction of sp³-hybridized carbons (Fsp3) is 0.0526. The number of halogens is 2. The molecule has 0 bridgehead atoms. The van der Waals surface area contributed by atoms with Crippen molar-refractivity contribution < 1.29 is 13.9 Å². The minimum Gasteiger partial charge on any atom is -0.497 e. The van der Waals surface area contributed by atoms with Crippen LogP contribution in [0.25, 0.3) is 17.0 Å². The van der Waals surface area contributed by atoms with E-state index in [1.165, 1.54) is 24.5 Å². The van der Waals surface area contributed by atoms with Gasteiger partial charge in [-0.2, -0.15) is 0 Å². The molecule has 4 rings (SSSR count). The first-order valence-corrected chi connectivity index (χ1v) is 8.55. The smallest absolute Gasteiger partial charge is 0.274 e. The lowest BCUT2D eigenvalue weighted by atomic mass is 10.2. The molecule has 140 valence electrons. The molecule has 4 aromatic rings. The van der Waals surface area contributed by atoms with E-state index in [1.807, 2.05) is 0 Å². The second kappa shape index (κ2) is 7.24. The summed E-state index contributed by atoms with van der Waals surface area (Å²) in [4.78, 5) is 16.8. The van der Waals surface area contributed by atoms with Crippen LogP contribution < -0.4 is 10.1 Å². The molecule has 0 aliphatic heterocycles. The summed E-state index contributed by atoms with van der Waals surface area (Å²) in [5, 5.41) is 10.6. The Morgan fingerprint density at radius 3 is 2.68 bits per heavy atom. The van der Waals surface area contributed by atoms with Gasteiger partial charge in [0.15, 0.2) is 17.3 Å². The van der Waals surface area contributed by atoms with E-state index >= 15 is 0 Å². The summed E-state index contributed by atoms with van der Waals surface area (Å²) >= 11 is 5.78. The van der Waals surface area contributed by atoms with Crippen molar-refractivity contribution in [1.82, 2.24) is 19.6 Å². The zero-order chi connectivity index (χ0) is 19.7. The van der Waals surface area contributed by atoms with Crippen LogP contribution in [-0.4, -0.2) is 32.6 Å². The normalized spacial score (nSPS) is 10.8. The maximum absolute atomic E-state index is 14.1. The molecule has 1 amide bonds. The SMILES string of the molecule is COc1ccc(-c2nnc3cncc(C(=O)Nc4cccc(Cl)c4F)n23)cc1. The van der Waals surface area contributed by atoms with Crippen LogP contribution in [0.4, 0.5) is 10.1 Å². The summed E-state index contributed by atoms with van der Waals surface area (Å²) < 4.78 is 20.8. The highest BCUT2D eigenvalue weighted by Crippen LogP contribution is 2.25. The summed E-state index contributed by atoms with van der Waals surface area (Å²) in [7, 11) is 1.57. The molecule has 0 aliphatic rings. The third-order valence-electron chi connectivity index (χ3n) is 4.10. The van der Waals surface area contributed by atoms with Gasteiger partial charge >= 0.3 is 0 Å². The molecule has 2 aromatic carbocycles. The Morgan fingerprint density at radius 2 is 1.93 bits per heavy atom. The van der Waals surface area contributed by atoms with Crippen molar-refractivity contribution in [2.24, 2.45) is 0 Å². The molecule has 28 heavy (non-hydrogen) atoms. The molecule has 1 N–H and O–H groups in total. The number of carbonyl (C=O) groups is 1. The lowest BCUT2D eigenvalue weighted by molar-refractivity contribution is 0.102. The Balaban J connectivity index is 1.77. The third kappa shape index (κ3) is 3.14. The first-order valence-electron chi connectivity index (χ1n) is 8.17. The quantitative estimate of drug-likeness (QED) is 0.565. The monoisotopic (exact) mass is 397 g/mol. The zero-order valence-electron chi connectivity index (χ0n) is 14.6. The Kier molecular flexibility index (Phi) is 4.62. The molecule has 0 spiro atoms. The topological polar surface area (TPSA) is 81.4 Å². The molecular weight excluding hydrogens is 385 g/mol.